The Morgan fingerprint density at radius 1 is 1.70 bits per heavy atom. The van der Waals surface area contributed by atoms with Gasteiger partial charge in [-0.1, -0.05) is 6.08 Å². The van der Waals surface area contributed by atoms with E-state index in [2.05, 4.69) is 17.3 Å². The molecule has 0 bridgehead atoms. The number of hydrogen-bond acceptors (Lipinski definition) is 2. The second kappa shape index (κ2) is 3.62. The SMILES string of the molecule is C/C=C\C1=CSCC(C)=N1. The van der Waals surface area contributed by atoms with Gasteiger partial charge in [-0.3, -0.25) is 4.99 Å². The zero-order valence-electron chi connectivity index (χ0n) is 6.29. The first-order valence-corrected chi connectivity index (χ1v) is 4.36. The molecule has 2 heteroatoms. The van der Waals surface area contributed by atoms with Gasteiger partial charge in [-0.25, -0.2) is 0 Å². The Bertz CT molecular complexity index is 201. The molecular weight excluding hydrogens is 142 g/mol. The minimum Gasteiger partial charge on any atom is -0.257 e. The lowest BCUT2D eigenvalue weighted by Gasteiger charge is -2.04. The van der Waals surface area contributed by atoms with Gasteiger partial charge < -0.3 is 0 Å². The van der Waals surface area contributed by atoms with Crippen LogP contribution in [-0.2, 0) is 0 Å². The summed E-state index contributed by atoms with van der Waals surface area (Å²) in [7, 11) is 0. The van der Waals surface area contributed by atoms with Gasteiger partial charge in [0.2, 0.25) is 0 Å². The Balaban J connectivity index is 2.69. The molecule has 0 amide bonds. The molecule has 0 saturated carbocycles. The van der Waals surface area contributed by atoms with Crippen LogP contribution in [-0.4, -0.2) is 11.5 Å². The van der Waals surface area contributed by atoms with Gasteiger partial charge >= 0.3 is 0 Å². The molecule has 10 heavy (non-hydrogen) atoms. The number of thioether (sulfide) groups is 1. The lowest BCUT2D eigenvalue weighted by Crippen LogP contribution is -1.98. The number of rotatable bonds is 1. The molecule has 0 N–H and O–H groups in total. The van der Waals surface area contributed by atoms with E-state index in [1.54, 1.807) is 11.8 Å². The molecule has 54 valence electrons. The highest BCUT2D eigenvalue weighted by Gasteiger charge is 1.98. The van der Waals surface area contributed by atoms with Crippen LogP contribution in [0, 0.1) is 0 Å². The van der Waals surface area contributed by atoms with Crippen molar-refractivity contribution in [2.24, 2.45) is 4.99 Å². The zero-order valence-corrected chi connectivity index (χ0v) is 7.11. The third kappa shape index (κ3) is 2.03. The summed E-state index contributed by atoms with van der Waals surface area (Å²) in [4.78, 5) is 4.34. The van der Waals surface area contributed by atoms with E-state index in [4.69, 9.17) is 0 Å². The number of allylic oxidation sites excluding steroid dienone is 2. The van der Waals surface area contributed by atoms with E-state index in [-0.39, 0.29) is 0 Å². The maximum Gasteiger partial charge on any atom is 0.0688 e. The standard InChI is InChI=1S/C8H11NS/c1-3-4-8-6-10-5-7(2)9-8/h3-4,6H,5H2,1-2H3/b4-3-. The predicted molar refractivity (Wildman–Crippen MR) is 48.5 cm³/mol. The molecule has 1 aliphatic heterocycles. The maximum absolute atomic E-state index is 4.34. The Kier molecular flexibility index (Phi) is 2.75. The normalized spacial score (nSPS) is 19.0. The first kappa shape index (κ1) is 7.61. The van der Waals surface area contributed by atoms with Gasteiger partial charge in [0.25, 0.3) is 0 Å². The molecule has 1 rings (SSSR count). The lowest BCUT2D eigenvalue weighted by molar-refractivity contribution is 1.38. The first-order chi connectivity index (χ1) is 4.83. The van der Waals surface area contributed by atoms with Crippen molar-refractivity contribution in [3.05, 3.63) is 23.3 Å². The van der Waals surface area contributed by atoms with E-state index < -0.39 is 0 Å². The molecule has 0 aromatic carbocycles. The number of aliphatic imine (C=N–C) groups is 1. The molecule has 1 heterocycles. The maximum atomic E-state index is 4.34. The van der Waals surface area contributed by atoms with Gasteiger partial charge in [-0.05, 0) is 25.3 Å². The quantitative estimate of drug-likeness (QED) is 0.564. The minimum absolute atomic E-state index is 1.04. The van der Waals surface area contributed by atoms with Gasteiger partial charge in [0, 0.05) is 11.5 Å². The highest BCUT2D eigenvalue weighted by atomic mass is 32.2. The van der Waals surface area contributed by atoms with Crippen molar-refractivity contribution in [3.63, 3.8) is 0 Å². The van der Waals surface area contributed by atoms with Crippen LogP contribution in [0.3, 0.4) is 0 Å². The summed E-state index contributed by atoms with van der Waals surface area (Å²) in [5, 5.41) is 2.09. The van der Waals surface area contributed by atoms with Crippen LogP contribution >= 0.6 is 11.8 Å². The van der Waals surface area contributed by atoms with E-state index in [1.165, 1.54) is 5.71 Å². The summed E-state index contributed by atoms with van der Waals surface area (Å²) >= 11 is 1.81. The van der Waals surface area contributed by atoms with Crippen molar-refractivity contribution in [2.45, 2.75) is 13.8 Å². The predicted octanol–water partition coefficient (Wildman–Crippen LogP) is 2.61. The van der Waals surface area contributed by atoms with E-state index in [0.717, 1.165) is 11.4 Å². The summed E-state index contributed by atoms with van der Waals surface area (Å²) in [6.45, 7) is 4.06. The average Bonchev–Trinajstić information content (AvgIpc) is 1.88. The Hall–Kier alpha value is -0.500. The smallest absolute Gasteiger partial charge is 0.0688 e. The minimum atomic E-state index is 1.04. The molecule has 0 fully saturated rings. The van der Waals surface area contributed by atoms with E-state index in [0.29, 0.717) is 0 Å². The van der Waals surface area contributed by atoms with Gasteiger partial charge in [-0.2, -0.15) is 0 Å². The molecule has 0 aromatic rings. The third-order valence-corrected chi connectivity index (χ3v) is 2.15. The molecule has 0 radical (unpaired) electrons. The van der Waals surface area contributed by atoms with E-state index in [1.807, 2.05) is 19.1 Å². The Morgan fingerprint density at radius 3 is 3.10 bits per heavy atom. The fourth-order valence-corrected chi connectivity index (χ4v) is 1.47. The summed E-state index contributed by atoms with van der Waals surface area (Å²) in [5.74, 6) is 1.04. The van der Waals surface area contributed by atoms with Crippen LogP contribution < -0.4 is 0 Å². The summed E-state index contributed by atoms with van der Waals surface area (Å²) < 4.78 is 0. The monoisotopic (exact) mass is 153 g/mol. The van der Waals surface area contributed by atoms with Crippen LogP contribution in [0.2, 0.25) is 0 Å². The second-order valence-electron chi connectivity index (χ2n) is 2.20. The average molecular weight is 153 g/mol. The molecule has 0 aliphatic carbocycles. The first-order valence-electron chi connectivity index (χ1n) is 3.31. The molecule has 0 saturated heterocycles. The Morgan fingerprint density at radius 2 is 2.50 bits per heavy atom. The third-order valence-electron chi connectivity index (χ3n) is 1.15. The van der Waals surface area contributed by atoms with Gasteiger partial charge in [-0.15, -0.1) is 11.8 Å². The molecule has 0 aromatic heterocycles. The summed E-state index contributed by atoms with van der Waals surface area (Å²) in [5.41, 5.74) is 2.29. The highest BCUT2D eigenvalue weighted by molar-refractivity contribution is 8.02. The highest BCUT2D eigenvalue weighted by Crippen LogP contribution is 2.15. The van der Waals surface area contributed by atoms with Gasteiger partial charge in [0.15, 0.2) is 0 Å². The van der Waals surface area contributed by atoms with Crippen molar-refractivity contribution in [1.29, 1.82) is 0 Å². The van der Waals surface area contributed by atoms with Crippen LogP contribution in [0.5, 0.6) is 0 Å². The number of nitrogens with zero attached hydrogens (tertiary/aromatic N) is 1. The van der Waals surface area contributed by atoms with Gasteiger partial charge in [0.1, 0.15) is 0 Å². The lowest BCUT2D eigenvalue weighted by atomic mass is 10.4. The molecular formula is C8H11NS. The van der Waals surface area contributed by atoms with Crippen LogP contribution in [0.25, 0.3) is 0 Å². The molecule has 1 nitrogen and oxygen atoms in total. The van der Waals surface area contributed by atoms with Crippen molar-refractivity contribution in [1.82, 2.24) is 0 Å². The summed E-state index contributed by atoms with van der Waals surface area (Å²) in [6, 6.07) is 0. The van der Waals surface area contributed by atoms with E-state index in [9.17, 15) is 0 Å². The fourth-order valence-electron chi connectivity index (χ4n) is 0.774. The molecule has 1 aliphatic rings. The number of hydrogen-bond donors (Lipinski definition) is 0. The molecule has 0 atom stereocenters. The van der Waals surface area contributed by atoms with Crippen LogP contribution in [0.15, 0.2) is 28.2 Å². The van der Waals surface area contributed by atoms with E-state index >= 15 is 0 Å². The van der Waals surface area contributed by atoms with Crippen molar-refractivity contribution in [2.75, 3.05) is 5.75 Å². The molecule has 0 spiro atoms. The van der Waals surface area contributed by atoms with Crippen LogP contribution in [0.1, 0.15) is 13.8 Å². The topological polar surface area (TPSA) is 12.4 Å². The Labute approximate surface area is 65.9 Å². The van der Waals surface area contributed by atoms with Crippen molar-refractivity contribution < 1.29 is 0 Å². The van der Waals surface area contributed by atoms with Crippen LogP contribution in [0.4, 0.5) is 0 Å². The van der Waals surface area contributed by atoms with Gasteiger partial charge in [0.05, 0.1) is 5.70 Å². The fraction of sp³-hybridized carbons (Fsp3) is 0.375. The summed E-state index contributed by atoms with van der Waals surface area (Å²) in [6.07, 6.45) is 4.03. The molecule has 0 unspecified atom stereocenters. The zero-order chi connectivity index (χ0) is 7.40. The second-order valence-corrected chi connectivity index (χ2v) is 3.06. The van der Waals surface area contributed by atoms with Crippen molar-refractivity contribution in [3.8, 4) is 0 Å². The largest absolute Gasteiger partial charge is 0.257 e. The van der Waals surface area contributed by atoms with Crippen molar-refractivity contribution >= 4 is 17.5 Å².